The van der Waals surface area contributed by atoms with Crippen molar-refractivity contribution in [3.05, 3.63) is 68.7 Å². The first-order valence-electron chi connectivity index (χ1n) is 9.75. The lowest BCUT2D eigenvalue weighted by Gasteiger charge is -2.18. The molecule has 0 aliphatic heterocycles. The number of ether oxygens (including phenoxy) is 1. The molecule has 0 saturated heterocycles. The maximum atomic E-state index is 13.0. The summed E-state index contributed by atoms with van der Waals surface area (Å²) in [5.41, 5.74) is 1.51. The third kappa shape index (κ3) is 5.54. The molecule has 152 valence electrons. The minimum absolute atomic E-state index is 0.106. The molecule has 0 atom stereocenters. The zero-order chi connectivity index (χ0) is 21.0. The number of fused-ring (bicyclic) bond motifs is 1. The lowest BCUT2D eigenvalue weighted by molar-refractivity contribution is 0.198. The Balaban J connectivity index is 1.90. The van der Waals surface area contributed by atoms with E-state index in [4.69, 9.17) is 4.74 Å². The van der Waals surface area contributed by atoms with Crippen LogP contribution in [0.4, 0.5) is 0 Å². The van der Waals surface area contributed by atoms with Gasteiger partial charge in [0, 0.05) is 10.9 Å². The Hall–Kier alpha value is -2.47. The number of aromatic nitrogens is 2. The van der Waals surface area contributed by atoms with E-state index in [1.807, 2.05) is 36.4 Å². The predicted octanol–water partition coefficient (Wildman–Crippen LogP) is 5.42. The van der Waals surface area contributed by atoms with Crippen molar-refractivity contribution in [1.29, 1.82) is 0 Å². The zero-order valence-electron chi connectivity index (χ0n) is 17.3. The fraction of sp³-hybridized carbons (Fsp3) is 0.348. The van der Waals surface area contributed by atoms with Crippen molar-refractivity contribution < 1.29 is 4.74 Å². The molecule has 0 radical (unpaired) electrons. The molecule has 0 N–H and O–H groups in total. The Bertz CT molecular complexity index is 1080. The van der Waals surface area contributed by atoms with Crippen molar-refractivity contribution in [1.82, 2.24) is 9.66 Å². The molecule has 0 amide bonds. The summed E-state index contributed by atoms with van der Waals surface area (Å²) in [5.74, 6) is 1.48. The van der Waals surface area contributed by atoms with Crippen LogP contribution >= 0.6 is 15.9 Å². The Morgan fingerprint density at radius 2 is 1.90 bits per heavy atom. The van der Waals surface area contributed by atoms with Gasteiger partial charge in [-0.3, -0.25) is 4.79 Å². The van der Waals surface area contributed by atoms with E-state index >= 15 is 0 Å². The summed E-state index contributed by atoms with van der Waals surface area (Å²) in [5, 5.41) is 4.99. The molecule has 29 heavy (non-hydrogen) atoms. The van der Waals surface area contributed by atoms with Gasteiger partial charge in [-0.05, 0) is 59.9 Å². The fourth-order valence-electron chi connectivity index (χ4n) is 2.77. The van der Waals surface area contributed by atoms with E-state index in [1.54, 1.807) is 12.3 Å². The Morgan fingerprint density at radius 3 is 2.55 bits per heavy atom. The quantitative estimate of drug-likeness (QED) is 0.466. The number of halogens is 1. The van der Waals surface area contributed by atoms with Crippen LogP contribution in [0.5, 0.6) is 5.75 Å². The highest BCUT2D eigenvalue weighted by Gasteiger charge is 2.12. The van der Waals surface area contributed by atoms with Crippen LogP contribution in [0, 0.1) is 5.41 Å². The maximum Gasteiger partial charge on any atom is 0.282 e. The third-order valence-electron chi connectivity index (χ3n) is 4.22. The summed E-state index contributed by atoms with van der Waals surface area (Å²) in [6.45, 7) is 9.11. The van der Waals surface area contributed by atoms with Gasteiger partial charge in [0.1, 0.15) is 11.6 Å². The number of benzene rings is 2. The minimum atomic E-state index is -0.166. The topological polar surface area (TPSA) is 56.5 Å². The van der Waals surface area contributed by atoms with Gasteiger partial charge in [0.25, 0.3) is 5.56 Å². The Labute approximate surface area is 179 Å². The first kappa shape index (κ1) is 21.2. The van der Waals surface area contributed by atoms with Gasteiger partial charge in [-0.25, -0.2) is 4.98 Å². The average Bonchev–Trinajstić information content (AvgIpc) is 2.67. The molecule has 1 heterocycles. The number of aryl methyl sites for hydroxylation is 1. The van der Waals surface area contributed by atoms with Crippen LogP contribution < -0.4 is 10.3 Å². The van der Waals surface area contributed by atoms with E-state index in [2.05, 4.69) is 53.7 Å². The molecule has 3 aromatic rings. The normalized spacial score (nSPS) is 12.0. The van der Waals surface area contributed by atoms with Crippen LogP contribution in [0.25, 0.3) is 10.9 Å². The van der Waals surface area contributed by atoms with Gasteiger partial charge < -0.3 is 4.74 Å². The van der Waals surface area contributed by atoms with Crippen LogP contribution in [-0.2, 0) is 6.42 Å². The standard InChI is InChI=1S/C23H26BrN3O2/c1-5-6-21-26-20-12-9-17(24)13-19(20)22(28)27(21)25-14-16-7-10-18(11-8-16)29-15-23(2,3)4/h7-14H,5-6,15H2,1-4H3. The maximum absolute atomic E-state index is 13.0. The van der Waals surface area contributed by atoms with E-state index in [-0.39, 0.29) is 11.0 Å². The van der Waals surface area contributed by atoms with E-state index in [0.717, 1.165) is 22.2 Å². The molecule has 0 fully saturated rings. The first-order valence-corrected chi connectivity index (χ1v) is 10.5. The van der Waals surface area contributed by atoms with Crippen molar-refractivity contribution in [2.24, 2.45) is 10.5 Å². The van der Waals surface area contributed by atoms with Gasteiger partial charge in [-0.15, -0.1) is 0 Å². The van der Waals surface area contributed by atoms with Gasteiger partial charge in [0.15, 0.2) is 0 Å². The van der Waals surface area contributed by atoms with E-state index in [1.165, 1.54) is 4.68 Å². The summed E-state index contributed by atoms with van der Waals surface area (Å²) >= 11 is 3.42. The molecule has 1 aromatic heterocycles. The van der Waals surface area contributed by atoms with Crippen molar-refractivity contribution in [3.63, 3.8) is 0 Å². The molecule has 0 aliphatic rings. The van der Waals surface area contributed by atoms with Crippen molar-refractivity contribution in [2.45, 2.75) is 40.5 Å². The molecule has 0 spiro atoms. The zero-order valence-corrected chi connectivity index (χ0v) is 18.9. The van der Waals surface area contributed by atoms with Gasteiger partial charge >= 0.3 is 0 Å². The molecule has 0 bridgehead atoms. The van der Waals surface area contributed by atoms with Crippen molar-refractivity contribution >= 4 is 33.0 Å². The van der Waals surface area contributed by atoms with Crippen LogP contribution in [0.15, 0.2) is 56.8 Å². The molecule has 5 nitrogen and oxygen atoms in total. The van der Waals surface area contributed by atoms with E-state index < -0.39 is 0 Å². The summed E-state index contributed by atoms with van der Waals surface area (Å²) < 4.78 is 8.05. The average molecular weight is 456 g/mol. The second-order valence-corrected chi connectivity index (χ2v) is 9.14. The van der Waals surface area contributed by atoms with E-state index in [0.29, 0.717) is 29.8 Å². The second kappa shape index (κ2) is 8.91. The minimum Gasteiger partial charge on any atom is -0.493 e. The van der Waals surface area contributed by atoms with Gasteiger partial charge in [0.05, 0.1) is 23.7 Å². The lowest BCUT2D eigenvalue weighted by atomic mass is 9.99. The second-order valence-electron chi connectivity index (χ2n) is 8.22. The smallest absolute Gasteiger partial charge is 0.282 e. The van der Waals surface area contributed by atoms with Crippen LogP contribution in [0.1, 0.15) is 45.5 Å². The van der Waals surface area contributed by atoms with Gasteiger partial charge in [0.2, 0.25) is 0 Å². The monoisotopic (exact) mass is 455 g/mol. The van der Waals surface area contributed by atoms with Crippen LogP contribution in [0.3, 0.4) is 0 Å². The largest absolute Gasteiger partial charge is 0.493 e. The summed E-state index contributed by atoms with van der Waals surface area (Å²) in [4.78, 5) is 17.6. The molecule has 6 heteroatoms. The van der Waals surface area contributed by atoms with Crippen LogP contribution in [0.2, 0.25) is 0 Å². The predicted molar refractivity (Wildman–Crippen MR) is 122 cm³/mol. The fourth-order valence-corrected chi connectivity index (χ4v) is 3.13. The van der Waals surface area contributed by atoms with Crippen LogP contribution in [-0.4, -0.2) is 22.5 Å². The van der Waals surface area contributed by atoms with E-state index in [9.17, 15) is 4.79 Å². The Morgan fingerprint density at radius 1 is 1.17 bits per heavy atom. The van der Waals surface area contributed by atoms with Crippen molar-refractivity contribution in [3.8, 4) is 5.75 Å². The molecule has 2 aromatic carbocycles. The van der Waals surface area contributed by atoms with Crippen molar-refractivity contribution in [2.75, 3.05) is 6.61 Å². The molecule has 0 saturated carbocycles. The number of nitrogens with zero attached hydrogens (tertiary/aromatic N) is 3. The molecule has 0 aliphatic carbocycles. The highest BCUT2D eigenvalue weighted by molar-refractivity contribution is 9.10. The lowest BCUT2D eigenvalue weighted by Crippen LogP contribution is -2.22. The SMILES string of the molecule is CCCc1nc2ccc(Br)cc2c(=O)n1N=Cc1ccc(OCC(C)(C)C)cc1. The van der Waals surface area contributed by atoms with Gasteiger partial charge in [-0.1, -0.05) is 43.6 Å². The number of rotatable bonds is 6. The summed E-state index contributed by atoms with van der Waals surface area (Å²) in [6, 6.07) is 13.2. The highest BCUT2D eigenvalue weighted by Crippen LogP contribution is 2.18. The van der Waals surface area contributed by atoms with Gasteiger partial charge in [-0.2, -0.15) is 9.78 Å². The molecular formula is C23H26BrN3O2. The number of hydrogen-bond donors (Lipinski definition) is 0. The molecular weight excluding hydrogens is 430 g/mol. The molecule has 0 unspecified atom stereocenters. The summed E-state index contributed by atoms with van der Waals surface area (Å²) in [7, 11) is 0. The Kier molecular flexibility index (Phi) is 6.52. The highest BCUT2D eigenvalue weighted by atomic mass is 79.9. The number of hydrogen-bond acceptors (Lipinski definition) is 4. The first-order chi connectivity index (χ1) is 13.8. The molecule has 3 rings (SSSR count). The summed E-state index contributed by atoms with van der Waals surface area (Å²) in [6.07, 6.45) is 3.24. The third-order valence-corrected chi connectivity index (χ3v) is 4.72.